The molecule has 2 aromatic heterocycles. The molecule has 1 saturated heterocycles. The first kappa shape index (κ1) is 27.0. The normalized spacial score (nSPS) is 16.9. The van der Waals surface area contributed by atoms with Crippen LogP contribution in [-0.2, 0) is 10.0 Å². The van der Waals surface area contributed by atoms with Crippen molar-refractivity contribution in [2.75, 3.05) is 31.1 Å². The number of anilines is 1. The number of thiophene rings is 1. The average molecular weight is 597 g/mol. The molecule has 8 nitrogen and oxygen atoms in total. The number of piperazine rings is 1. The molecule has 2 aromatic carbocycles. The first-order chi connectivity index (χ1) is 19.4. The Balaban J connectivity index is 1.24. The van der Waals surface area contributed by atoms with Gasteiger partial charge in [-0.3, -0.25) is 4.79 Å². The van der Waals surface area contributed by atoms with Gasteiger partial charge in [-0.25, -0.2) is 8.42 Å². The summed E-state index contributed by atoms with van der Waals surface area (Å²) in [6, 6.07) is 20.3. The summed E-state index contributed by atoms with van der Waals surface area (Å²) in [6.45, 7) is 1.42. The van der Waals surface area contributed by atoms with Crippen molar-refractivity contribution in [2.45, 2.75) is 36.0 Å². The monoisotopic (exact) mass is 596 g/mol. The van der Waals surface area contributed by atoms with Gasteiger partial charge in [0.15, 0.2) is 0 Å². The molecule has 0 bridgehead atoms. The molecule has 0 atom stereocenters. The van der Waals surface area contributed by atoms with Crippen molar-refractivity contribution in [3.8, 4) is 21.9 Å². The highest BCUT2D eigenvalue weighted by molar-refractivity contribution is 7.91. The van der Waals surface area contributed by atoms with Gasteiger partial charge < -0.3 is 9.64 Å². The fourth-order valence-electron chi connectivity index (χ4n) is 5.24. The summed E-state index contributed by atoms with van der Waals surface area (Å²) in [7, 11) is -3.64. The Morgan fingerprint density at radius 3 is 2.40 bits per heavy atom. The highest BCUT2D eigenvalue weighted by Gasteiger charge is 2.32. The van der Waals surface area contributed by atoms with E-state index in [4.69, 9.17) is 16.3 Å². The minimum atomic E-state index is -3.64. The highest BCUT2D eigenvalue weighted by atomic mass is 35.5. The Morgan fingerprint density at radius 2 is 1.68 bits per heavy atom. The molecule has 1 saturated carbocycles. The van der Waals surface area contributed by atoms with E-state index in [0.717, 1.165) is 36.1 Å². The van der Waals surface area contributed by atoms with Gasteiger partial charge in [0.25, 0.3) is 10.0 Å². The third kappa shape index (κ3) is 5.41. The number of ether oxygens (including phenoxy) is 1. The number of hydrogen-bond acceptors (Lipinski definition) is 7. The molecule has 208 valence electrons. The lowest BCUT2D eigenvalue weighted by molar-refractivity contribution is 0.205. The molecule has 3 heterocycles. The zero-order valence-corrected chi connectivity index (χ0v) is 24.2. The van der Waals surface area contributed by atoms with Crippen LogP contribution in [0.5, 0.6) is 5.75 Å². The van der Waals surface area contributed by atoms with E-state index >= 15 is 0 Å². The highest BCUT2D eigenvalue weighted by Crippen LogP contribution is 2.34. The first-order valence-electron chi connectivity index (χ1n) is 13.4. The summed E-state index contributed by atoms with van der Waals surface area (Å²) in [5, 5.41) is 4.95. The van der Waals surface area contributed by atoms with Crippen molar-refractivity contribution in [1.82, 2.24) is 14.1 Å². The molecule has 1 aliphatic heterocycles. The summed E-state index contributed by atoms with van der Waals surface area (Å²) in [5.41, 5.74) is 1.79. The zero-order valence-electron chi connectivity index (χ0n) is 21.8. The summed E-state index contributed by atoms with van der Waals surface area (Å²) >= 11 is 7.45. The second-order valence-electron chi connectivity index (χ2n) is 9.96. The van der Waals surface area contributed by atoms with Crippen molar-refractivity contribution >= 4 is 38.6 Å². The molecule has 11 heteroatoms. The van der Waals surface area contributed by atoms with Gasteiger partial charge in [-0.15, -0.1) is 11.3 Å². The van der Waals surface area contributed by atoms with Crippen LogP contribution in [0.1, 0.15) is 25.7 Å². The van der Waals surface area contributed by atoms with Crippen LogP contribution in [0.25, 0.3) is 16.1 Å². The third-order valence-electron chi connectivity index (χ3n) is 7.37. The molecule has 0 spiro atoms. The standard InChI is InChI=1S/C29H29ClN4O4S2/c30-22-9-6-10-23(19-22)34-29(35)28(38-24-11-4-5-12-24)25(20-31-34)32-15-17-33(18-16-32)40(36,37)27-14-13-26(39-27)21-7-2-1-3-8-21/h1-3,6-10,13-14,19-20,24H,4-5,11-12,15-18H2. The van der Waals surface area contributed by atoms with Crippen LogP contribution < -0.4 is 15.2 Å². The quantitative estimate of drug-likeness (QED) is 0.282. The molecule has 0 amide bonds. The van der Waals surface area contributed by atoms with Gasteiger partial charge in [0.05, 0.1) is 18.0 Å². The van der Waals surface area contributed by atoms with E-state index in [2.05, 4.69) is 5.10 Å². The van der Waals surface area contributed by atoms with Crippen molar-refractivity contribution in [2.24, 2.45) is 0 Å². The molecule has 1 aliphatic carbocycles. The molecule has 2 fully saturated rings. The number of aromatic nitrogens is 2. The fourth-order valence-corrected chi connectivity index (χ4v) is 8.32. The maximum absolute atomic E-state index is 13.7. The predicted molar refractivity (Wildman–Crippen MR) is 158 cm³/mol. The van der Waals surface area contributed by atoms with Crippen LogP contribution in [-0.4, -0.2) is 54.8 Å². The SMILES string of the molecule is O=c1c(OC2CCCC2)c(N2CCN(S(=O)(=O)c3ccc(-c4ccccc4)s3)CC2)cnn1-c1cccc(Cl)c1. The van der Waals surface area contributed by atoms with Crippen LogP contribution in [0.4, 0.5) is 5.69 Å². The minimum Gasteiger partial charge on any atom is -0.483 e. The van der Waals surface area contributed by atoms with Crippen molar-refractivity contribution in [1.29, 1.82) is 0 Å². The Bertz CT molecular complexity index is 1660. The number of rotatable bonds is 7. The van der Waals surface area contributed by atoms with E-state index in [1.165, 1.54) is 20.3 Å². The van der Waals surface area contributed by atoms with Crippen molar-refractivity contribution < 1.29 is 13.2 Å². The van der Waals surface area contributed by atoms with Crippen molar-refractivity contribution in [3.05, 3.63) is 88.3 Å². The molecule has 2 aliphatic rings. The van der Waals surface area contributed by atoms with Crippen LogP contribution in [0.15, 0.2) is 81.9 Å². The summed E-state index contributed by atoms with van der Waals surface area (Å²) in [6.07, 6.45) is 5.55. The zero-order chi connectivity index (χ0) is 27.7. The summed E-state index contributed by atoms with van der Waals surface area (Å²) in [4.78, 5) is 16.6. The van der Waals surface area contributed by atoms with Gasteiger partial charge in [0.2, 0.25) is 5.75 Å². The maximum atomic E-state index is 13.7. The van der Waals surface area contributed by atoms with Crippen LogP contribution in [0.3, 0.4) is 0 Å². The molecule has 0 unspecified atom stereocenters. The van der Waals surface area contributed by atoms with Crippen molar-refractivity contribution in [3.63, 3.8) is 0 Å². The number of hydrogen-bond donors (Lipinski definition) is 0. The molecule has 0 radical (unpaired) electrons. The number of halogens is 1. The van der Waals surface area contributed by atoms with E-state index in [1.54, 1.807) is 36.5 Å². The summed E-state index contributed by atoms with van der Waals surface area (Å²) < 4.78 is 36.4. The van der Waals surface area contributed by atoms with E-state index < -0.39 is 10.0 Å². The van der Waals surface area contributed by atoms with Gasteiger partial charge >= 0.3 is 5.56 Å². The molecule has 40 heavy (non-hydrogen) atoms. The van der Waals surface area contributed by atoms with E-state index in [-0.39, 0.29) is 17.4 Å². The Labute approximate surface area is 242 Å². The molecule has 0 N–H and O–H groups in total. The van der Waals surface area contributed by atoms with Gasteiger partial charge in [0.1, 0.15) is 9.90 Å². The first-order valence-corrected chi connectivity index (χ1v) is 16.0. The third-order valence-corrected chi connectivity index (χ3v) is 11.1. The van der Waals surface area contributed by atoms with Crippen LogP contribution in [0, 0.1) is 0 Å². The van der Waals surface area contributed by atoms with Gasteiger partial charge in [-0.1, -0.05) is 48.0 Å². The van der Waals surface area contributed by atoms with E-state index in [9.17, 15) is 13.2 Å². The van der Waals surface area contributed by atoms with Crippen LogP contribution in [0.2, 0.25) is 5.02 Å². The van der Waals surface area contributed by atoms with Gasteiger partial charge in [0, 0.05) is 36.1 Å². The molecular weight excluding hydrogens is 568 g/mol. The predicted octanol–water partition coefficient (Wildman–Crippen LogP) is 5.45. The fraction of sp³-hybridized carbons (Fsp3) is 0.310. The lowest BCUT2D eigenvalue weighted by Gasteiger charge is -2.35. The van der Waals surface area contributed by atoms with E-state index in [1.807, 2.05) is 41.3 Å². The molecule has 6 rings (SSSR count). The lowest BCUT2D eigenvalue weighted by atomic mass is 10.2. The Hall–Kier alpha value is -3.18. The number of benzene rings is 2. The molecular formula is C29H29ClN4O4S2. The van der Waals surface area contributed by atoms with Gasteiger partial charge in [-0.2, -0.15) is 14.1 Å². The maximum Gasteiger partial charge on any atom is 0.316 e. The second kappa shape index (κ2) is 11.4. The largest absolute Gasteiger partial charge is 0.483 e. The second-order valence-corrected chi connectivity index (χ2v) is 13.6. The van der Waals surface area contributed by atoms with Crippen LogP contribution >= 0.6 is 22.9 Å². The lowest BCUT2D eigenvalue weighted by Crippen LogP contribution is -2.49. The Morgan fingerprint density at radius 1 is 0.925 bits per heavy atom. The minimum absolute atomic E-state index is 0.0269. The smallest absolute Gasteiger partial charge is 0.316 e. The van der Waals surface area contributed by atoms with Gasteiger partial charge in [-0.05, 0) is 61.6 Å². The molecule has 4 aromatic rings. The number of sulfonamides is 1. The number of nitrogens with zero attached hydrogens (tertiary/aromatic N) is 4. The van der Waals surface area contributed by atoms with E-state index in [0.29, 0.717) is 46.8 Å². The Kier molecular flexibility index (Phi) is 7.67. The topological polar surface area (TPSA) is 84.7 Å². The average Bonchev–Trinajstić information content (AvgIpc) is 3.68. The summed E-state index contributed by atoms with van der Waals surface area (Å²) in [5.74, 6) is 0.254.